The van der Waals surface area contributed by atoms with Crippen LogP contribution in [0.3, 0.4) is 0 Å². The van der Waals surface area contributed by atoms with E-state index in [4.69, 9.17) is 4.74 Å². The summed E-state index contributed by atoms with van der Waals surface area (Å²) < 4.78 is 7.27. The van der Waals surface area contributed by atoms with Crippen molar-refractivity contribution in [2.45, 2.75) is 30.6 Å². The minimum atomic E-state index is -0.108. The lowest BCUT2D eigenvalue weighted by Gasteiger charge is -2.10. The summed E-state index contributed by atoms with van der Waals surface area (Å²) in [5, 5.41) is 15.0. The summed E-state index contributed by atoms with van der Waals surface area (Å²) in [7, 11) is 0. The van der Waals surface area contributed by atoms with E-state index in [2.05, 4.69) is 25.8 Å². The number of hydrogen-bond donors (Lipinski definition) is 1. The average molecular weight is 320 g/mol. The van der Waals surface area contributed by atoms with Crippen LogP contribution in [0.25, 0.3) is 0 Å². The molecule has 116 valence electrons. The van der Waals surface area contributed by atoms with Gasteiger partial charge < -0.3 is 10.1 Å². The fourth-order valence-corrected chi connectivity index (χ4v) is 2.84. The Morgan fingerprint density at radius 3 is 3.09 bits per heavy atom. The van der Waals surface area contributed by atoms with Crippen LogP contribution in [0, 0.1) is 0 Å². The van der Waals surface area contributed by atoms with Gasteiger partial charge in [-0.25, -0.2) is 4.68 Å². The number of nitrogens with zero attached hydrogens (tertiary/aromatic N) is 5. The van der Waals surface area contributed by atoms with E-state index < -0.39 is 0 Å². The van der Waals surface area contributed by atoms with Crippen LogP contribution >= 0.6 is 11.8 Å². The molecule has 3 rings (SSSR count). The van der Waals surface area contributed by atoms with Gasteiger partial charge in [0.25, 0.3) is 0 Å². The molecule has 9 heteroatoms. The third-order valence-corrected chi connectivity index (χ3v) is 4.15. The van der Waals surface area contributed by atoms with Crippen molar-refractivity contribution in [1.82, 2.24) is 25.2 Å². The van der Waals surface area contributed by atoms with E-state index in [1.165, 1.54) is 11.8 Å². The molecule has 0 radical (unpaired) electrons. The Hall–Kier alpha value is -2.00. The Morgan fingerprint density at radius 2 is 2.32 bits per heavy atom. The lowest BCUT2D eigenvalue weighted by atomic mass is 10.2. The largest absolute Gasteiger partial charge is 0.376 e. The van der Waals surface area contributed by atoms with Crippen molar-refractivity contribution in [3.63, 3.8) is 0 Å². The average Bonchev–Trinajstić information content (AvgIpc) is 3.19. The summed E-state index contributed by atoms with van der Waals surface area (Å²) in [5.41, 5.74) is 0.722. The van der Waals surface area contributed by atoms with E-state index in [1.54, 1.807) is 29.2 Å². The first-order valence-corrected chi connectivity index (χ1v) is 8.00. The minimum absolute atomic E-state index is 0.108. The first-order valence-electron chi connectivity index (χ1n) is 7.02. The molecule has 0 unspecified atom stereocenters. The number of rotatable bonds is 6. The number of aromatic nitrogens is 5. The van der Waals surface area contributed by atoms with Gasteiger partial charge in [0.1, 0.15) is 0 Å². The lowest BCUT2D eigenvalue weighted by Crippen LogP contribution is -2.18. The number of anilines is 1. The number of ether oxygens (including phenoxy) is 1. The number of hydrogen-bond acceptors (Lipinski definition) is 7. The van der Waals surface area contributed by atoms with Gasteiger partial charge >= 0.3 is 0 Å². The lowest BCUT2D eigenvalue weighted by molar-refractivity contribution is -0.113. The number of nitrogens with one attached hydrogen (secondary N) is 1. The highest BCUT2D eigenvalue weighted by molar-refractivity contribution is 7.99. The van der Waals surface area contributed by atoms with Crippen LogP contribution in [0.4, 0.5) is 5.69 Å². The van der Waals surface area contributed by atoms with Gasteiger partial charge in [-0.15, -0.1) is 5.10 Å². The monoisotopic (exact) mass is 320 g/mol. The van der Waals surface area contributed by atoms with E-state index in [0.29, 0.717) is 11.7 Å². The van der Waals surface area contributed by atoms with Crippen molar-refractivity contribution in [2.24, 2.45) is 0 Å². The van der Waals surface area contributed by atoms with Crippen LogP contribution in [0.2, 0.25) is 0 Å². The van der Waals surface area contributed by atoms with E-state index in [9.17, 15) is 4.79 Å². The molecule has 2 aromatic rings. The zero-order valence-electron chi connectivity index (χ0n) is 11.9. The molecule has 22 heavy (non-hydrogen) atoms. The summed E-state index contributed by atoms with van der Waals surface area (Å²) in [6.07, 6.45) is 5.51. The Bertz CT molecular complexity index is 614. The fraction of sp³-hybridized carbons (Fsp3) is 0.462. The van der Waals surface area contributed by atoms with Crippen molar-refractivity contribution in [1.29, 1.82) is 0 Å². The molecule has 1 fully saturated rings. The van der Waals surface area contributed by atoms with Crippen LogP contribution in [0.5, 0.6) is 0 Å². The SMILES string of the molecule is O=C(CSc1nnnn1C[C@@H]1CCCO1)Nc1ccncc1. The highest BCUT2D eigenvalue weighted by Crippen LogP contribution is 2.18. The minimum Gasteiger partial charge on any atom is -0.376 e. The molecule has 3 heterocycles. The second kappa shape index (κ2) is 7.32. The van der Waals surface area contributed by atoms with Crippen LogP contribution < -0.4 is 5.32 Å². The van der Waals surface area contributed by atoms with Crippen LogP contribution in [-0.4, -0.2) is 49.6 Å². The highest BCUT2D eigenvalue weighted by atomic mass is 32.2. The summed E-state index contributed by atoms with van der Waals surface area (Å²) in [4.78, 5) is 15.8. The van der Waals surface area contributed by atoms with E-state index >= 15 is 0 Å². The molecule has 8 nitrogen and oxygen atoms in total. The molecule has 0 bridgehead atoms. The zero-order valence-corrected chi connectivity index (χ0v) is 12.7. The normalized spacial score (nSPS) is 17.5. The first kappa shape index (κ1) is 14.9. The second-order valence-corrected chi connectivity index (χ2v) is 5.79. The molecule has 1 atom stereocenters. The van der Waals surface area contributed by atoms with Gasteiger partial charge in [-0.3, -0.25) is 9.78 Å². The Labute approximate surface area is 131 Å². The molecular formula is C13H16N6O2S. The molecule has 0 aromatic carbocycles. The summed E-state index contributed by atoms with van der Waals surface area (Å²) >= 11 is 1.31. The second-order valence-electron chi connectivity index (χ2n) is 4.85. The smallest absolute Gasteiger partial charge is 0.234 e. The van der Waals surface area contributed by atoms with Crippen molar-refractivity contribution < 1.29 is 9.53 Å². The number of carbonyl (C=O) groups excluding carboxylic acids is 1. The maximum atomic E-state index is 11.9. The van der Waals surface area contributed by atoms with Crippen molar-refractivity contribution in [3.8, 4) is 0 Å². The quantitative estimate of drug-likeness (QED) is 0.793. The number of carbonyl (C=O) groups is 1. The molecule has 1 amide bonds. The molecule has 1 N–H and O–H groups in total. The van der Waals surface area contributed by atoms with Gasteiger partial charge in [-0.1, -0.05) is 11.8 Å². The van der Waals surface area contributed by atoms with Crippen molar-refractivity contribution >= 4 is 23.4 Å². The van der Waals surface area contributed by atoms with Gasteiger partial charge in [0.15, 0.2) is 0 Å². The van der Waals surface area contributed by atoms with Gasteiger partial charge in [-0.2, -0.15) is 0 Å². The van der Waals surface area contributed by atoms with E-state index in [-0.39, 0.29) is 17.8 Å². The Kier molecular flexibility index (Phi) is 4.96. The molecule has 1 saturated heterocycles. The van der Waals surface area contributed by atoms with Crippen molar-refractivity contribution in [3.05, 3.63) is 24.5 Å². The molecule has 1 aliphatic rings. The van der Waals surface area contributed by atoms with Gasteiger partial charge in [-0.05, 0) is 35.4 Å². The van der Waals surface area contributed by atoms with Gasteiger partial charge in [0.05, 0.1) is 18.4 Å². The Balaban J connectivity index is 1.51. The van der Waals surface area contributed by atoms with Crippen molar-refractivity contribution in [2.75, 3.05) is 17.7 Å². The standard InChI is InChI=1S/C13H16N6O2S/c20-12(15-10-3-5-14-6-4-10)9-22-13-16-17-18-19(13)8-11-2-1-7-21-11/h3-6,11H,1-2,7-9H2,(H,14,15,20)/t11-/m0/s1. The van der Waals surface area contributed by atoms with E-state index in [0.717, 1.165) is 25.1 Å². The molecule has 0 saturated carbocycles. The number of thioether (sulfide) groups is 1. The maximum Gasteiger partial charge on any atom is 0.234 e. The third kappa shape index (κ3) is 4.01. The number of amides is 1. The predicted octanol–water partition coefficient (Wildman–Crippen LogP) is 0.978. The topological polar surface area (TPSA) is 94.8 Å². The third-order valence-electron chi connectivity index (χ3n) is 3.20. The highest BCUT2D eigenvalue weighted by Gasteiger charge is 2.19. The van der Waals surface area contributed by atoms with E-state index in [1.807, 2.05) is 0 Å². The fourth-order valence-electron chi connectivity index (χ4n) is 2.16. The zero-order chi connectivity index (χ0) is 15.2. The van der Waals surface area contributed by atoms with Gasteiger partial charge in [0, 0.05) is 24.7 Å². The summed E-state index contributed by atoms with van der Waals surface area (Å²) in [6, 6.07) is 3.48. The Morgan fingerprint density at radius 1 is 1.45 bits per heavy atom. The number of tetrazole rings is 1. The van der Waals surface area contributed by atoms with Crippen LogP contribution in [0.1, 0.15) is 12.8 Å². The number of pyridine rings is 1. The summed E-state index contributed by atoms with van der Waals surface area (Å²) in [5.74, 6) is 0.136. The predicted molar refractivity (Wildman–Crippen MR) is 80.4 cm³/mol. The summed E-state index contributed by atoms with van der Waals surface area (Å²) in [6.45, 7) is 1.42. The maximum absolute atomic E-state index is 11.9. The van der Waals surface area contributed by atoms with Gasteiger partial charge in [0.2, 0.25) is 11.1 Å². The molecule has 1 aliphatic heterocycles. The van der Waals surface area contributed by atoms with Crippen LogP contribution in [0.15, 0.2) is 29.7 Å². The molecule has 0 aliphatic carbocycles. The van der Waals surface area contributed by atoms with Crippen LogP contribution in [-0.2, 0) is 16.1 Å². The molecule has 2 aromatic heterocycles. The first-order chi connectivity index (χ1) is 10.8. The molecule has 0 spiro atoms. The molecular weight excluding hydrogens is 304 g/mol.